The second-order valence-corrected chi connectivity index (χ2v) is 18.6. The van der Waals surface area contributed by atoms with Gasteiger partial charge in [0.2, 0.25) is 0 Å². The van der Waals surface area contributed by atoms with Crippen LogP contribution < -0.4 is 0 Å². The zero-order valence-electron chi connectivity index (χ0n) is 25.9. The predicted molar refractivity (Wildman–Crippen MR) is 208 cm³/mol. The molecule has 0 amide bonds. The molecule has 1 fully saturated rings. The average molecular weight is 731 g/mol. The van der Waals surface area contributed by atoms with Gasteiger partial charge in [0.1, 0.15) is 0 Å². The Morgan fingerprint density at radius 1 is 0.458 bits per heavy atom. The van der Waals surface area contributed by atoms with Crippen molar-refractivity contribution < 1.29 is 4.74 Å². The van der Waals surface area contributed by atoms with E-state index in [0.717, 1.165) is 24.7 Å². The van der Waals surface area contributed by atoms with E-state index in [1.807, 2.05) is 70.6 Å². The second kappa shape index (κ2) is 13.6. The Morgan fingerprint density at radius 2 is 0.875 bits per heavy atom. The maximum absolute atomic E-state index is 5.85. The fourth-order valence-corrected chi connectivity index (χ4v) is 13.3. The molecule has 6 aromatic carbocycles. The SMILES string of the molecule is c1cc(SCC2(CSc3cccc(-c4cccc5c4Sc4ccccc4S5)c3)COC2)cc(-c2cccc3c2Sc2ccccc2S3)c1. The summed E-state index contributed by atoms with van der Waals surface area (Å²) in [4.78, 5) is 13.4. The molecule has 0 bridgehead atoms. The smallest absolute Gasteiger partial charge is 0.0561 e. The van der Waals surface area contributed by atoms with Crippen LogP contribution in [0.2, 0.25) is 0 Å². The molecule has 6 aromatic rings. The standard InChI is InChI=1S/C41H30OS6/c1-3-17-35-33(15-1)45-37-19-7-13-31(39(37)47-35)27-9-5-11-29(21-27)43-25-41(23-42-24-41)26-44-30-12-6-10-28(22-30)32-14-8-20-38-40(32)48-36-18-4-2-16-34(36)46-38/h1-22H,23-26H2. The van der Waals surface area contributed by atoms with E-state index in [9.17, 15) is 0 Å². The normalized spacial score (nSPS) is 15.4. The van der Waals surface area contributed by atoms with E-state index < -0.39 is 0 Å². The Bertz CT molecular complexity index is 2010. The Labute approximate surface area is 307 Å². The highest BCUT2D eigenvalue weighted by Crippen LogP contribution is 2.53. The van der Waals surface area contributed by atoms with Gasteiger partial charge >= 0.3 is 0 Å². The lowest BCUT2D eigenvalue weighted by molar-refractivity contribution is -0.0830. The summed E-state index contributed by atoms with van der Waals surface area (Å²) in [5.41, 5.74) is 5.39. The van der Waals surface area contributed by atoms with Gasteiger partial charge in [0.25, 0.3) is 0 Å². The van der Waals surface area contributed by atoms with Crippen LogP contribution in [0.15, 0.2) is 182 Å². The molecule has 236 valence electrons. The van der Waals surface area contributed by atoms with Crippen molar-refractivity contribution in [2.75, 3.05) is 24.7 Å². The third kappa shape index (κ3) is 6.28. The summed E-state index contributed by atoms with van der Waals surface area (Å²) in [5, 5.41) is 0. The highest BCUT2D eigenvalue weighted by atomic mass is 32.2. The van der Waals surface area contributed by atoms with Crippen molar-refractivity contribution in [1.29, 1.82) is 0 Å². The van der Waals surface area contributed by atoms with Gasteiger partial charge in [0, 0.05) is 65.9 Å². The van der Waals surface area contributed by atoms with Crippen molar-refractivity contribution in [2.45, 2.75) is 49.0 Å². The van der Waals surface area contributed by atoms with Gasteiger partial charge in [-0.2, -0.15) is 0 Å². The van der Waals surface area contributed by atoms with Crippen molar-refractivity contribution in [1.82, 2.24) is 0 Å². The van der Waals surface area contributed by atoms with Crippen LogP contribution in [0.4, 0.5) is 0 Å². The third-order valence-corrected chi connectivity index (χ3v) is 16.6. The number of hydrogen-bond donors (Lipinski definition) is 0. The molecule has 0 N–H and O–H groups in total. The molecular formula is C41H30OS6. The Kier molecular flexibility index (Phi) is 8.88. The number of benzene rings is 6. The molecule has 0 saturated carbocycles. The lowest BCUT2D eigenvalue weighted by atomic mass is 9.91. The van der Waals surface area contributed by atoms with E-state index >= 15 is 0 Å². The first-order valence-electron chi connectivity index (χ1n) is 15.9. The van der Waals surface area contributed by atoms with Gasteiger partial charge in [-0.25, -0.2) is 0 Å². The van der Waals surface area contributed by atoms with Gasteiger partial charge in [0.15, 0.2) is 0 Å². The molecule has 9 rings (SSSR count). The molecule has 0 aliphatic carbocycles. The lowest BCUT2D eigenvalue weighted by Gasteiger charge is -2.41. The third-order valence-electron chi connectivity index (χ3n) is 8.72. The minimum atomic E-state index is 0.172. The molecule has 3 heterocycles. The van der Waals surface area contributed by atoms with Gasteiger partial charge < -0.3 is 4.74 Å². The summed E-state index contributed by atoms with van der Waals surface area (Å²) in [6.07, 6.45) is 0. The zero-order valence-corrected chi connectivity index (χ0v) is 30.8. The van der Waals surface area contributed by atoms with Crippen LogP contribution in [0.3, 0.4) is 0 Å². The number of rotatable bonds is 8. The minimum Gasteiger partial charge on any atom is -0.380 e. The number of ether oxygens (including phenoxy) is 1. The number of fused-ring (bicyclic) bond motifs is 4. The van der Waals surface area contributed by atoms with Crippen molar-refractivity contribution in [3.8, 4) is 22.3 Å². The monoisotopic (exact) mass is 730 g/mol. The van der Waals surface area contributed by atoms with E-state index in [2.05, 4.69) is 133 Å². The Hall–Kier alpha value is -2.62. The van der Waals surface area contributed by atoms with E-state index in [4.69, 9.17) is 4.74 Å². The Morgan fingerprint density at radius 3 is 1.31 bits per heavy atom. The molecule has 1 nitrogen and oxygen atoms in total. The fourth-order valence-electron chi connectivity index (χ4n) is 6.13. The maximum Gasteiger partial charge on any atom is 0.0561 e. The average Bonchev–Trinajstić information content (AvgIpc) is 3.12. The van der Waals surface area contributed by atoms with Crippen LogP contribution in [-0.2, 0) is 4.74 Å². The van der Waals surface area contributed by atoms with E-state index in [-0.39, 0.29) is 5.41 Å². The first kappa shape index (κ1) is 31.4. The van der Waals surface area contributed by atoms with Crippen molar-refractivity contribution >= 4 is 70.6 Å². The van der Waals surface area contributed by atoms with Crippen LogP contribution >= 0.6 is 70.6 Å². The van der Waals surface area contributed by atoms with Gasteiger partial charge in [-0.1, -0.05) is 120 Å². The first-order chi connectivity index (χ1) is 23.7. The van der Waals surface area contributed by atoms with Crippen LogP contribution in [0.1, 0.15) is 0 Å². The molecular weight excluding hydrogens is 701 g/mol. The first-order valence-corrected chi connectivity index (χ1v) is 21.1. The summed E-state index contributed by atoms with van der Waals surface area (Å²) in [6, 6.07) is 49.2. The molecule has 1 saturated heterocycles. The predicted octanol–water partition coefficient (Wildman–Crippen LogP) is 13.2. The van der Waals surface area contributed by atoms with Crippen LogP contribution in [0.25, 0.3) is 22.3 Å². The van der Waals surface area contributed by atoms with Crippen LogP contribution in [0, 0.1) is 5.41 Å². The summed E-state index contributed by atoms with van der Waals surface area (Å²) in [7, 11) is 0. The summed E-state index contributed by atoms with van der Waals surface area (Å²) in [5.74, 6) is 2.10. The lowest BCUT2D eigenvalue weighted by Crippen LogP contribution is -2.46. The molecule has 48 heavy (non-hydrogen) atoms. The van der Waals surface area contributed by atoms with Crippen LogP contribution in [-0.4, -0.2) is 24.7 Å². The maximum atomic E-state index is 5.85. The second-order valence-electron chi connectivity index (χ2n) is 12.2. The fraction of sp³-hybridized carbons (Fsp3) is 0.122. The molecule has 0 radical (unpaired) electrons. The van der Waals surface area contributed by atoms with Crippen LogP contribution in [0.5, 0.6) is 0 Å². The molecule has 0 aromatic heterocycles. The summed E-state index contributed by atoms with van der Waals surface area (Å²) < 4.78 is 5.85. The van der Waals surface area contributed by atoms with Crippen molar-refractivity contribution in [2.24, 2.45) is 5.41 Å². The molecule has 0 spiro atoms. The largest absolute Gasteiger partial charge is 0.380 e. The van der Waals surface area contributed by atoms with E-state index in [1.165, 1.54) is 71.2 Å². The highest BCUT2D eigenvalue weighted by molar-refractivity contribution is 8.05. The van der Waals surface area contributed by atoms with Crippen molar-refractivity contribution in [3.05, 3.63) is 133 Å². The van der Waals surface area contributed by atoms with Crippen molar-refractivity contribution in [3.63, 3.8) is 0 Å². The molecule has 0 unspecified atom stereocenters. The quantitative estimate of drug-likeness (QED) is 0.142. The molecule has 0 atom stereocenters. The molecule has 3 aliphatic heterocycles. The minimum absolute atomic E-state index is 0.172. The summed E-state index contributed by atoms with van der Waals surface area (Å²) >= 11 is 11.5. The summed E-state index contributed by atoms with van der Waals surface area (Å²) in [6.45, 7) is 1.65. The number of thioether (sulfide) groups is 2. The topological polar surface area (TPSA) is 9.23 Å². The number of hydrogen-bond acceptors (Lipinski definition) is 7. The molecule has 3 aliphatic rings. The van der Waals surface area contributed by atoms with E-state index in [0.29, 0.717) is 0 Å². The van der Waals surface area contributed by atoms with Gasteiger partial charge in [0.05, 0.1) is 13.2 Å². The molecule has 7 heteroatoms. The Balaban J connectivity index is 0.893. The van der Waals surface area contributed by atoms with Gasteiger partial charge in [-0.05, 0) is 82.9 Å². The van der Waals surface area contributed by atoms with Gasteiger partial charge in [-0.15, -0.1) is 23.5 Å². The zero-order chi connectivity index (χ0) is 31.9. The highest BCUT2D eigenvalue weighted by Gasteiger charge is 2.38. The van der Waals surface area contributed by atoms with E-state index in [1.54, 1.807) is 0 Å². The van der Waals surface area contributed by atoms with Gasteiger partial charge in [-0.3, -0.25) is 0 Å².